The number of nitrogens with one attached hydrogen (secondary N) is 1. The highest BCUT2D eigenvalue weighted by Crippen LogP contribution is 2.25. The van der Waals surface area contributed by atoms with Gasteiger partial charge < -0.3 is 9.73 Å². The average molecular weight is 250 g/mol. The Morgan fingerprint density at radius 1 is 1.24 bits per heavy atom. The highest BCUT2D eigenvalue weighted by molar-refractivity contribution is 6.30. The Morgan fingerprint density at radius 2 is 2.06 bits per heavy atom. The maximum Gasteiger partial charge on any atom is 0.247 e. The molecule has 0 radical (unpaired) electrons. The van der Waals surface area contributed by atoms with Crippen LogP contribution in [0.3, 0.4) is 0 Å². The molecule has 0 amide bonds. The van der Waals surface area contributed by atoms with Crippen molar-refractivity contribution in [3.05, 3.63) is 35.2 Å². The topological polar surface area (TPSA) is 51.0 Å². The summed E-state index contributed by atoms with van der Waals surface area (Å²) in [6.07, 6.45) is 1.06. The molecule has 1 aliphatic rings. The molecule has 4 nitrogen and oxygen atoms in total. The van der Waals surface area contributed by atoms with Crippen LogP contribution in [0.4, 0.5) is 0 Å². The monoisotopic (exact) mass is 249 g/mol. The third-order valence-corrected chi connectivity index (χ3v) is 3.19. The van der Waals surface area contributed by atoms with Gasteiger partial charge in [0.25, 0.3) is 0 Å². The first kappa shape index (κ1) is 10.7. The molecule has 1 saturated heterocycles. The average Bonchev–Trinajstić information content (AvgIpc) is 3.00. The molecule has 1 aromatic heterocycles. The summed E-state index contributed by atoms with van der Waals surface area (Å²) in [4.78, 5) is 0. The van der Waals surface area contributed by atoms with Crippen LogP contribution in [-0.4, -0.2) is 23.3 Å². The van der Waals surface area contributed by atoms with E-state index in [2.05, 4.69) is 15.5 Å². The van der Waals surface area contributed by atoms with Crippen molar-refractivity contribution < 1.29 is 4.42 Å². The fourth-order valence-corrected chi connectivity index (χ4v) is 2.10. The van der Waals surface area contributed by atoms with Gasteiger partial charge in [0.05, 0.1) is 5.92 Å². The van der Waals surface area contributed by atoms with E-state index >= 15 is 0 Å². The van der Waals surface area contributed by atoms with Crippen molar-refractivity contribution in [1.82, 2.24) is 15.5 Å². The van der Waals surface area contributed by atoms with Crippen molar-refractivity contribution >= 4 is 11.6 Å². The number of aromatic nitrogens is 2. The van der Waals surface area contributed by atoms with Crippen LogP contribution in [-0.2, 0) is 0 Å². The lowest BCUT2D eigenvalue weighted by atomic mass is 10.1. The van der Waals surface area contributed by atoms with Gasteiger partial charge in [0.15, 0.2) is 0 Å². The minimum absolute atomic E-state index is 0.351. The molecule has 3 rings (SSSR count). The van der Waals surface area contributed by atoms with Gasteiger partial charge in [-0.05, 0) is 37.2 Å². The Bertz CT molecular complexity index is 503. The normalized spacial score (nSPS) is 19.7. The highest BCUT2D eigenvalue weighted by atomic mass is 35.5. The number of rotatable bonds is 2. The van der Waals surface area contributed by atoms with Crippen LogP contribution in [0.15, 0.2) is 28.7 Å². The van der Waals surface area contributed by atoms with E-state index in [-0.39, 0.29) is 0 Å². The summed E-state index contributed by atoms with van der Waals surface area (Å²) >= 11 is 5.83. The predicted octanol–water partition coefficient (Wildman–Crippen LogP) is 2.47. The molecule has 0 unspecified atom stereocenters. The summed E-state index contributed by atoms with van der Waals surface area (Å²) in [5.41, 5.74) is 0.902. The lowest BCUT2D eigenvalue weighted by Crippen LogP contribution is -2.08. The van der Waals surface area contributed by atoms with Crippen LogP contribution in [0.2, 0.25) is 5.02 Å². The molecule has 2 heterocycles. The van der Waals surface area contributed by atoms with Crippen LogP contribution >= 0.6 is 11.6 Å². The Kier molecular flexibility index (Phi) is 2.82. The molecule has 1 aliphatic heterocycles. The molecule has 5 heteroatoms. The molecule has 0 saturated carbocycles. The Balaban J connectivity index is 1.86. The smallest absolute Gasteiger partial charge is 0.247 e. The molecular formula is C12H12ClN3O. The van der Waals surface area contributed by atoms with Crippen molar-refractivity contribution in [2.75, 3.05) is 13.1 Å². The van der Waals surface area contributed by atoms with Crippen LogP contribution < -0.4 is 5.32 Å². The van der Waals surface area contributed by atoms with Gasteiger partial charge in [-0.15, -0.1) is 10.2 Å². The zero-order valence-corrected chi connectivity index (χ0v) is 9.94. The van der Waals surface area contributed by atoms with E-state index in [1.165, 1.54) is 0 Å². The molecule has 1 fully saturated rings. The molecule has 1 aromatic carbocycles. The molecule has 0 spiro atoms. The molecule has 1 atom stereocenters. The van der Waals surface area contributed by atoms with Gasteiger partial charge in [-0.2, -0.15) is 0 Å². The lowest BCUT2D eigenvalue weighted by Gasteiger charge is -1.99. The van der Waals surface area contributed by atoms with Crippen molar-refractivity contribution in [1.29, 1.82) is 0 Å². The minimum atomic E-state index is 0.351. The van der Waals surface area contributed by atoms with Crippen LogP contribution in [0.5, 0.6) is 0 Å². The third-order valence-electron chi connectivity index (χ3n) is 2.94. The number of halogens is 1. The number of hydrogen-bond donors (Lipinski definition) is 1. The molecule has 0 bridgehead atoms. The third kappa shape index (κ3) is 2.18. The lowest BCUT2D eigenvalue weighted by molar-refractivity contribution is 0.467. The first-order valence-corrected chi connectivity index (χ1v) is 6.01. The molecule has 0 aliphatic carbocycles. The van der Waals surface area contributed by atoms with Crippen LogP contribution in [0.25, 0.3) is 11.5 Å². The van der Waals surface area contributed by atoms with E-state index in [4.69, 9.17) is 16.0 Å². The van der Waals surface area contributed by atoms with Crippen molar-refractivity contribution in [3.8, 4) is 11.5 Å². The minimum Gasteiger partial charge on any atom is -0.420 e. The standard InChI is InChI=1S/C12H12ClN3O/c13-10-3-1-8(2-4-10)11-15-16-12(17-11)9-5-6-14-7-9/h1-4,9,14H,5-7H2/t9-/m0/s1. The number of nitrogens with zero attached hydrogens (tertiary/aromatic N) is 2. The number of hydrogen-bond acceptors (Lipinski definition) is 4. The first-order chi connectivity index (χ1) is 8.33. The molecular weight excluding hydrogens is 238 g/mol. The summed E-state index contributed by atoms with van der Waals surface area (Å²) in [7, 11) is 0. The van der Waals surface area contributed by atoms with Crippen LogP contribution in [0.1, 0.15) is 18.2 Å². The quantitative estimate of drug-likeness (QED) is 0.888. The Morgan fingerprint density at radius 3 is 2.76 bits per heavy atom. The van der Waals surface area contributed by atoms with E-state index in [0.29, 0.717) is 16.8 Å². The van der Waals surface area contributed by atoms with Gasteiger partial charge in [0.2, 0.25) is 11.8 Å². The van der Waals surface area contributed by atoms with Crippen molar-refractivity contribution in [3.63, 3.8) is 0 Å². The SMILES string of the molecule is Clc1ccc(-c2nnc([C@H]3CCNC3)o2)cc1. The van der Waals surface area contributed by atoms with Gasteiger partial charge in [0.1, 0.15) is 0 Å². The first-order valence-electron chi connectivity index (χ1n) is 5.63. The van der Waals surface area contributed by atoms with Gasteiger partial charge in [-0.1, -0.05) is 11.6 Å². The largest absolute Gasteiger partial charge is 0.420 e. The van der Waals surface area contributed by atoms with E-state index in [0.717, 1.165) is 31.0 Å². The molecule has 17 heavy (non-hydrogen) atoms. The summed E-state index contributed by atoms with van der Waals surface area (Å²) in [6.45, 7) is 1.94. The second-order valence-electron chi connectivity index (χ2n) is 4.14. The number of benzene rings is 1. The van der Waals surface area contributed by atoms with Gasteiger partial charge >= 0.3 is 0 Å². The summed E-state index contributed by atoms with van der Waals surface area (Å²) < 4.78 is 5.69. The van der Waals surface area contributed by atoms with Crippen LogP contribution in [0, 0.1) is 0 Å². The highest BCUT2D eigenvalue weighted by Gasteiger charge is 2.22. The molecule has 88 valence electrons. The summed E-state index contributed by atoms with van der Waals surface area (Å²) in [5.74, 6) is 1.63. The fraction of sp³-hybridized carbons (Fsp3) is 0.333. The Hall–Kier alpha value is -1.39. The zero-order chi connectivity index (χ0) is 11.7. The Labute approximate surface area is 104 Å². The predicted molar refractivity (Wildman–Crippen MR) is 65.0 cm³/mol. The zero-order valence-electron chi connectivity index (χ0n) is 9.19. The second kappa shape index (κ2) is 4.47. The maximum atomic E-state index is 5.83. The van der Waals surface area contributed by atoms with E-state index in [1.54, 1.807) is 0 Å². The second-order valence-corrected chi connectivity index (χ2v) is 4.58. The van der Waals surface area contributed by atoms with E-state index < -0.39 is 0 Å². The van der Waals surface area contributed by atoms with E-state index in [9.17, 15) is 0 Å². The summed E-state index contributed by atoms with van der Waals surface area (Å²) in [5, 5.41) is 12.2. The fourth-order valence-electron chi connectivity index (χ4n) is 1.97. The maximum absolute atomic E-state index is 5.83. The van der Waals surface area contributed by atoms with Gasteiger partial charge in [0, 0.05) is 17.1 Å². The molecule has 2 aromatic rings. The van der Waals surface area contributed by atoms with Gasteiger partial charge in [-0.25, -0.2) is 0 Å². The van der Waals surface area contributed by atoms with Crippen molar-refractivity contribution in [2.24, 2.45) is 0 Å². The van der Waals surface area contributed by atoms with E-state index in [1.807, 2.05) is 24.3 Å². The van der Waals surface area contributed by atoms with Crippen molar-refractivity contribution in [2.45, 2.75) is 12.3 Å². The summed E-state index contributed by atoms with van der Waals surface area (Å²) in [6, 6.07) is 7.40. The van der Waals surface area contributed by atoms with Gasteiger partial charge in [-0.3, -0.25) is 0 Å². The molecule has 1 N–H and O–H groups in total.